The number of ketones is 1. The summed E-state index contributed by atoms with van der Waals surface area (Å²) >= 11 is 0. The quantitative estimate of drug-likeness (QED) is 0.808. The molecule has 0 saturated heterocycles. The Balaban J connectivity index is 2.97. The van der Waals surface area contributed by atoms with Crippen LogP contribution in [0, 0.1) is 6.92 Å². The van der Waals surface area contributed by atoms with Crippen LogP contribution in [0.3, 0.4) is 0 Å². The van der Waals surface area contributed by atoms with Crippen LogP contribution in [0.2, 0.25) is 0 Å². The largest absolute Gasteiger partial charge is 0.374 e. The van der Waals surface area contributed by atoms with E-state index in [9.17, 15) is 4.79 Å². The van der Waals surface area contributed by atoms with E-state index in [4.69, 9.17) is 0 Å². The highest BCUT2D eigenvalue weighted by Gasteiger charge is 2.16. The fraction of sp³-hybridized carbons (Fsp3) is 0.562. The van der Waals surface area contributed by atoms with E-state index < -0.39 is 0 Å². The number of carbonyl (C=O) groups is 1. The van der Waals surface area contributed by atoms with E-state index in [0.717, 1.165) is 6.54 Å². The molecular weight excluding hydrogens is 222 g/mol. The Labute approximate surface area is 111 Å². The first-order valence-corrected chi connectivity index (χ1v) is 6.53. The van der Waals surface area contributed by atoms with Gasteiger partial charge in [0.15, 0.2) is 0 Å². The van der Waals surface area contributed by atoms with Gasteiger partial charge in [-0.25, -0.2) is 0 Å². The average molecular weight is 247 g/mol. The lowest BCUT2D eigenvalue weighted by Gasteiger charge is -2.25. The minimum Gasteiger partial charge on any atom is -0.374 e. The molecule has 1 rings (SSSR count). The summed E-state index contributed by atoms with van der Waals surface area (Å²) in [5, 5.41) is 0. The van der Waals surface area contributed by atoms with E-state index in [2.05, 4.69) is 57.8 Å². The molecule has 1 aromatic carbocycles. The molecule has 0 fully saturated rings. The van der Waals surface area contributed by atoms with Crippen molar-refractivity contribution in [2.24, 2.45) is 0 Å². The SMILES string of the molecule is CC(=O)CCN(C)c1cc(C(C)(C)C)ccc1C. The van der Waals surface area contributed by atoms with Gasteiger partial charge in [-0.1, -0.05) is 32.9 Å². The normalized spacial score (nSPS) is 11.4. The Morgan fingerprint density at radius 3 is 2.39 bits per heavy atom. The van der Waals surface area contributed by atoms with Crippen LogP contribution < -0.4 is 4.90 Å². The minimum atomic E-state index is 0.157. The monoisotopic (exact) mass is 247 g/mol. The van der Waals surface area contributed by atoms with Crippen molar-refractivity contribution in [3.05, 3.63) is 29.3 Å². The fourth-order valence-electron chi connectivity index (χ4n) is 1.93. The molecule has 0 aromatic heterocycles. The molecule has 0 atom stereocenters. The lowest BCUT2D eigenvalue weighted by molar-refractivity contribution is -0.116. The van der Waals surface area contributed by atoms with Gasteiger partial charge in [-0.3, -0.25) is 4.79 Å². The number of benzene rings is 1. The smallest absolute Gasteiger partial charge is 0.131 e. The van der Waals surface area contributed by atoms with Crippen LogP contribution in [-0.2, 0) is 10.2 Å². The molecule has 2 heteroatoms. The summed E-state index contributed by atoms with van der Waals surface area (Å²) in [7, 11) is 2.05. The van der Waals surface area contributed by atoms with E-state index in [1.54, 1.807) is 6.92 Å². The van der Waals surface area contributed by atoms with Gasteiger partial charge >= 0.3 is 0 Å². The second-order valence-electron chi connectivity index (χ2n) is 6.12. The maximum absolute atomic E-state index is 11.1. The molecule has 18 heavy (non-hydrogen) atoms. The molecule has 0 aliphatic carbocycles. The van der Waals surface area contributed by atoms with Crippen LogP contribution in [0.15, 0.2) is 18.2 Å². The number of nitrogens with zero attached hydrogens (tertiary/aromatic N) is 1. The van der Waals surface area contributed by atoms with Gasteiger partial charge in [0.05, 0.1) is 0 Å². The van der Waals surface area contributed by atoms with Gasteiger partial charge in [0.2, 0.25) is 0 Å². The highest BCUT2D eigenvalue weighted by molar-refractivity contribution is 5.76. The standard InChI is InChI=1S/C16H25NO/c1-12-7-8-14(16(3,4)5)11-15(12)17(6)10-9-13(2)18/h7-8,11H,9-10H2,1-6H3. The van der Waals surface area contributed by atoms with Crippen molar-refractivity contribution >= 4 is 11.5 Å². The topological polar surface area (TPSA) is 20.3 Å². The van der Waals surface area contributed by atoms with Gasteiger partial charge in [-0.15, -0.1) is 0 Å². The van der Waals surface area contributed by atoms with Crippen molar-refractivity contribution in [2.75, 3.05) is 18.5 Å². The van der Waals surface area contributed by atoms with Crippen LogP contribution in [0.5, 0.6) is 0 Å². The Bertz CT molecular complexity index is 429. The summed E-state index contributed by atoms with van der Waals surface area (Å²) < 4.78 is 0. The molecule has 0 radical (unpaired) electrons. The number of aryl methyl sites for hydroxylation is 1. The molecule has 0 spiro atoms. The highest BCUT2D eigenvalue weighted by Crippen LogP contribution is 2.28. The minimum absolute atomic E-state index is 0.157. The van der Waals surface area contributed by atoms with Crippen LogP contribution in [-0.4, -0.2) is 19.4 Å². The third-order valence-electron chi connectivity index (χ3n) is 3.29. The third-order valence-corrected chi connectivity index (χ3v) is 3.29. The summed E-state index contributed by atoms with van der Waals surface area (Å²) in [4.78, 5) is 13.2. The third kappa shape index (κ3) is 3.86. The van der Waals surface area contributed by atoms with Gasteiger partial charge in [0.25, 0.3) is 0 Å². The molecule has 0 N–H and O–H groups in total. The Morgan fingerprint density at radius 2 is 1.89 bits per heavy atom. The second kappa shape index (κ2) is 5.55. The summed E-state index contributed by atoms with van der Waals surface area (Å²) in [5.74, 6) is 0.242. The first kappa shape index (κ1) is 14.7. The number of anilines is 1. The first-order valence-electron chi connectivity index (χ1n) is 6.53. The van der Waals surface area contributed by atoms with Crippen molar-refractivity contribution in [2.45, 2.75) is 46.5 Å². The van der Waals surface area contributed by atoms with Crippen molar-refractivity contribution in [1.82, 2.24) is 0 Å². The Morgan fingerprint density at radius 1 is 1.28 bits per heavy atom. The molecule has 0 unspecified atom stereocenters. The van der Waals surface area contributed by atoms with E-state index in [0.29, 0.717) is 6.42 Å². The average Bonchev–Trinajstić information content (AvgIpc) is 2.24. The number of hydrogen-bond acceptors (Lipinski definition) is 2. The second-order valence-corrected chi connectivity index (χ2v) is 6.12. The van der Waals surface area contributed by atoms with Crippen molar-refractivity contribution in [3.8, 4) is 0 Å². The Hall–Kier alpha value is -1.31. The van der Waals surface area contributed by atoms with Gasteiger partial charge in [-0.2, -0.15) is 0 Å². The van der Waals surface area contributed by atoms with E-state index in [-0.39, 0.29) is 11.2 Å². The molecular formula is C16H25NO. The zero-order valence-electron chi connectivity index (χ0n) is 12.5. The van der Waals surface area contributed by atoms with Gasteiger partial charge in [-0.05, 0) is 36.5 Å². The molecule has 0 aliphatic rings. The lowest BCUT2D eigenvalue weighted by atomic mass is 9.86. The van der Waals surface area contributed by atoms with Gasteiger partial charge in [0.1, 0.15) is 5.78 Å². The maximum atomic E-state index is 11.1. The predicted molar refractivity (Wildman–Crippen MR) is 78.4 cm³/mol. The van der Waals surface area contributed by atoms with Gasteiger partial charge in [0, 0.05) is 25.7 Å². The summed E-state index contributed by atoms with van der Waals surface area (Å²) in [6, 6.07) is 6.60. The van der Waals surface area contributed by atoms with Crippen molar-refractivity contribution < 1.29 is 4.79 Å². The number of rotatable bonds is 4. The molecule has 2 nitrogen and oxygen atoms in total. The molecule has 0 saturated carbocycles. The summed E-state index contributed by atoms with van der Waals surface area (Å²) in [5.41, 5.74) is 3.97. The van der Waals surface area contributed by atoms with E-state index in [1.807, 2.05) is 0 Å². The number of Topliss-reactive ketones (excluding diaryl/α,β-unsaturated/α-hetero) is 1. The summed E-state index contributed by atoms with van der Waals surface area (Å²) in [6.45, 7) is 11.2. The first-order chi connectivity index (χ1) is 8.21. The molecule has 0 amide bonds. The number of hydrogen-bond donors (Lipinski definition) is 0. The maximum Gasteiger partial charge on any atom is 0.131 e. The molecule has 1 aromatic rings. The fourth-order valence-corrected chi connectivity index (χ4v) is 1.93. The van der Waals surface area contributed by atoms with E-state index >= 15 is 0 Å². The lowest BCUT2D eigenvalue weighted by Crippen LogP contribution is -2.22. The zero-order chi connectivity index (χ0) is 13.9. The molecule has 0 aliphatic heterocycles. The molecule has 100 valence electrons. The molecule has 0 heterocycles. The van der Waals surface area contributed by atoms with Crippen molar-refractivity contribution in [1.29, 1.82) is 0 Å². The number of carbonyl (C=O) groups excluding carboxylic acids is 1. The van der Waals surface area contributed by atoms with Crippen LogP contribution in [0.4, 0.5) is 5.69 Å². The summed E-state index contributed by atoms with van der Waals surface area (Å²) in [6.07, 6.45) is 0.607. The highest BCUT2D eigenvalue weighted by atomic mass is 16.1. The van der Waals surface area contributed by atoms with Crippen molar-refractivity contribution in [3.63, 3.8) is 0 Å². The molecule has 0 bridgehead atoms. The van der Waals surface area contributed by atoms with Crippen LogP contribution in [0.25, 0.3) is 0 Å². The van der Waals surface area contributed by atoms with Crippen LogP contribution in [0.1, 0.15) is 45.2 Å². The van der Waals surface area contributed by atoms with E-state index in [1.165, 1.54) is 16.8 Å². The van der Waals surface area contributed by atoms with Crippen LogP contribution >= 0.6 is 0 Å². The predicted octanol–water partition coefficient (Wildman–Crippen LogP) is 3.71. The zero-order valence-corrected chi connectivity index (χ0v) is 12.5. The Kier molecular flexibility index (Phi) is 4.55. The van der Waals surface area contributed by atoms with Gasteiger partial charge < -0.3 is 4.90 Å².